The predicted molar refractivity (Wildman–Crippen MR) is 76.1 cm³/mol. The lowest BCUT2D eigenvalue weighted by Gasteiger charge is -2.14. The molecule has 2 aromatic rings. The number of pyridine rings is 2. The summed E-state index contributed by atoms with van der Waals surface area (Å²) in [5, 5.41) is 3.71. The van der Waals surface area contributed by atoms with E-state index in [0.29, 0.717) is 5.56 Å². The fourth-order valence-electron chi connectivity index (χ4n) is 1.74. The summed E-state index contributed by atoms with van der Waals surface area (Å²) in [6, 6.07) is 7.28. The van der Waals surface area contributed by atoms with Gasteiger partial charge in [-0.05, 0) is 43.0 Å². The average molecular weight is 273 g/mol. The molecule has 0 radical (unpaired) electrons. The third-order valence-electron chi connectivity index (χ3n) is 2.76. The molecule has 19 heavy (non-hydrogen) atoms. The summed E-state index contributed by atoms with van der Waals surface area (Å²) in [7, 11) is 0. The van der Waals surface area contributed by atoms with E-state index in [1.165, 1.54) is 11.8 Å². The molecule has 1 amide bonds. The van der Waals surface area contributed by atoms with Crippen molar-refractivity contribution in [1.29, 1.82) is 0 Å². The number of hydrogen-bond donors (Lipinski definition) is 1. The van der Waals surface area contributed by atoms with Crippen molar-refractivity contribution in [2.24, 2.45) is 0 Å². The summed E-state index contributed by atoms with van der Waals surface area (Å²) in [6.07, 6.45) is 7.03. The quantitative estimate of drug-likeness (QED) is 0.870. The molecule has 1 N–H and O–H groups in total. The van der Waals surface area contributed by atoms with Crippen LogP contribution in [0, 0.1) is 0 Å². The number of thioether (sulfide) groups is 1. The third kappa shape index (κ3) is 3.32. The van der Waals surface area contributed by atoms with Crippen molar-refractivity contribution < 1.29 is 4.79 Å². The summed E-state index contributed by atoms with van der Waals surface area (Å²) in [4.78, 5) is 20.4. The Balaban J connectivity index is 2.13. The van der Waals surface area contributed by atoms with Gasteiger partial charge in [0.25, 0.3) is 5.91 Å². The zero-order chi connectivity index (χ0) is 13.7. The van der Waals surface area contributed by atoms with Gasteiger partial charge in [-0.3, -0.25) is 9.78 Å². The monoisotopic (exact) mass is 273 g/mol. The Morgan fingerprint density at radius 2 is 2.00 bits per heavy atom. The van der Waals surface area contributed by atoms with E-state index in [0.717, 1.165) is 10.6 Å². The molecular formula is C14H15N3OS. The van der Waals surface area contributed by atoms with E-state index in [2.05, 4.69) is 15.3 Å². The fraction of sp³-hybridized carbons (Fsp3) is 0.214. The van der Waals surface area contributed by atoms with Crippen LogP contribution in [0.3, 0.4) is 0 Å². The van der Waals surface area contributed by atoms with Crippen LogP contribution < -0.4 is 5.32 Å². The zero-order valence-corrected chi connectivity index (χ0v) is 11.6. The van der Waals surface area contributed by atoms with Crippen molar-refractivity contribution in [3.05, 3.63) is 54.0 Å². The van der Waals surface area contributed by atoms with Gasteiger partial charge in [-0.2, -0.15) is 0 Å². The molecule has 0 fully saturated rings. The summed E-state index contributed by atoms with van der Waals surface area (Å²) >= 11 is 1.46. The smallest absolute Gasteiger partial charge is 0.254 e. The highest BCUT2D eigenvalue weighted by Gasteiger charge is 2.14. The second-order valence-electron chi connectivity index (χ2n) is 4.04. The van der Waals surface area contributed by atoms with Gasteiger partial charge in [0.15, 0.2) is 0 Å². The van der Waals surface area contributed by atoms with Crippen LogP contribution in [0.5, 0.6) is 0 Å². The normalized spacial score (nSPS) is 11.9. The van der Waals surface area contributed by atoms with E-state index >= 15 is 0 Å². The van der Waals surface area contributed by atoms with Gasteiger partial charge >= 0.3 is 0 Å². The molecule has 0 aliphatic rings. The van der Waals surface area contributed by atoms with Gasteiger partial charge in [-0.25, -0.2) is 4.98 Å². The van der Waals surface area contributed by atoms with E-state index in [1.807, 2.05) is 25.3 Å². The molecule has 0 unspecified atom stereocenters. The van der Waals surface area contributed by atoms with Crippen LogP contribution in [0.1, 0.15) is 28.9 Å². The summed E-state index contributed by atoms with van der Waals surface area (Å²) < 4.78 is 0. The maximum absolute atomic E-state index is 12.2. The summed E-state index contributed by atoms with van der Waals surface area (Å²) in [6.45, 7) is 1.95. The minimum Gasteiger partial charge on any atom is -0.345 e. The van der Waals surface area contributed by atoms with E-state index in [1.54, 1.807) is 30.7 Å². The van der Waals surface area contributed by atoms with Crippen molar-refractivity contribution in [1.82, 2.24) is 15.3 Å². The molecule has 5 heteroatoms. The molecular weight excluding hydrogens is 258 g/mol. The molecule has 1 atom stereocenters. The molecule has 2 heterocycles. The fourth-order valence-corrected chi connectivity index (χ4v) is 2.28. The van der Waals surface area contributed by atoms with Crippen molar-refractivity contribution in [2.75, 3.05) is 6.26 Å². The van der Waals surface area contributed by atoms with Gasteiger partial charge in [0.1, 0.15) is 5.03 Å². The van der Waals surface area contributed by atoms with Crippen LogP contribution in [-0.4, -0.2) is 22.1 Å². The van der Waals surface area contributed by atoms with Gasteiger partial charge < -0.3 is 5.32 Å². The Morgan fingerprint density at radius 3 is 2.68 bits per heavy atom. The number of rotatable bonds is 4. The Hall–Kier alpha value is -1.88. The maximum Gasteiger partial charge on any atom is 0.254 e. The first-order valence-electron chi connectivity index (χ1n) is 5.92. The second-order valence-corrected chi connectivity index (χ2v) is 4.83. The number of nitrogens with one attached hydrogen (secondary N) is 1. The lowest BCUT2D eigenvalue weighted by Crippen LogP contribution is -2.27. The molecule has 2 rings (SSSR count). The Bertz CT molecular complexity index is 560. The molecule has 98 valence electrons. The lowest BCUT2D eigenvalue weighted by atomic mass is 10.1. The first-order valence-corrected chi connectivity index (χ1v) is 7.14. The average Bonchev–Trinajstić information content (AvgIpc) is 2.48. The molecule has 2 aromatic heterocycles. The van der Waals surface area contributed by atoms with E-state index < -0.39 is 0 Å². The molecule has 0 saturated heterocycles. The number of aromatic nitrogens is 2. The standard InChI is InChI=1S/C14H15N3OS/c1-10(11-5-8-15-9-6-11)17-13(18)12-4-3-7-16-14(12)19-2/h3-10H,1-2H3,(H,17,18)/t10-/m1/s1. The van der Waals surface area contributed by atoms with Crippen LogP contribution in [0.2, 0.25) is 0 Å². The van der Waals surface area contributed by atoms with Crippen LogP contribution in [0.15, 0.2) is 47.9 Å². The highest BCUT2D eigenvalue weighted by Crippen LogP contribution is 2.18. The van der Waals surface area contributed by atoms with E-state index in [-0.39, 0.29) is 11.9 Å². The SMILES string of the molecule is CSc1ncccc1C(=O)N[C@H](C)c1ccncc1. The zero-order valence-electron chi connectivity index (χ0n) is 10.8. The van der Waals surface area contributed by atoms with Crippen molar-refractivity contribution >= 4 is 17.7 Å². The largest absolute Gasteiger partial charge is 0.345 e. The van der Waals surface area contributed by atoms with Crippen molar-refractivity contribution in [3.63, 3.8) is 0 Å². The van der Waals surface area contributed by atoms with Crippen LogP contribution in [0.4, 0.5) is 0 Å². The minimum atomic E-state index is -0.109. The van der Waals surface area contributed by atoms with Crippen molar-refractivity contribution in [3.8, 4) is 0 Å². The Kier molecular flexibility index (Phi) is 4.52. The Morgan fingerprint density at radius 1 is 1.26 bits per heavy atom. The predicted octanol–water partition coefficient (Wildman–Crippen LogP) is 2.69. The molecule has 0 spiro atoms. The molecule has 0 aliphatic carbocycles. The minimum absolute atomic E-state index is 0.0644. The highest BCUT2D eigenvalue weighted by atomic mass is 32.2. The lowest BCUT2D eigenvalue weighted by molar-refractivity contribution is 0.0936. The van der Waals surface area contributed by atoms with Crippen molar-refractivity contribution in [2.45, 2.75) is 18.0 Å². The third-order valence-corrected chi connectivity index (χ3v) is 3.47. The van der Waals surface area contributed by atoms with Gasteiger partial charge in [0.2, 0.25) is 0 Å². The summed E-state index contributed by atoms with van der Waals surface area (Å²) in [5.74, 6) is -0.109. The molecule has 0 aliphatic heterocycles. The number of carbonyl (C=O) groups is 1. The Labute approximate surface area is 116 Å². The van der Waals surface area contributed by atoms with Gasteiger partial charge in [-0.1, -0.05) is 0 Å². The van der Waals surface area contributed by atoms with Crippen LogP contribution in [0.25, 0.3) is 0 Å². The van der Waals surface area contributed by atoms with Crippen LogP contribution >= 0.6 is 11.8 Å². The number of nitrogens with zero attached hydrogens (tertiary/aromatic N) is 2. The maximum atomic E-state index is 12.2. The molecule has 4 nitrogen and oxygen atoms in total. The van der Waals surface area contributed by atoms with Gasteiger partial charge in [0, 0.05) is 18.6 Å². The van der Waals surface area contributed by atoms with Gasteiger partial charge in [-0.15, -0.1) is 11.8 Å². The number of carbonyl (C=O) groups excluding carboxylic acids is 1. The first-order chi connectivity index (χ1) is 9.22. The first kappa shape index (κ1) is 13.5. The topological polar surface area (TPSA) is 54.9 Å². The summed E-state index contributed by atoms with van der Waals surface area (Å²) in [5.41, 5.74) is 1.63. The molecule has 0 saturated carbocycles. The van der Waals surface area contributed by atoms with Crippen LogP contribution in [-0.2, 0) is 0 Å². The number of hydrogen-bond acceptors (Lipinski definition) is 4. The second kappa shape index (κ2) is 6.33. The highest BCUT2D eigenvalue weighted by molar-refractivity contribution is 7.98. The molecule has 0 aromatic carbocycles. The van der Waals surface area contributed by atoms with E-state index in [9.17, 15) is 4.79 Å². The number of amides is 1. The van der Waals surface area contributed by atoms with Gasteiger partial charge in [0.05, 0.1) is 11.6 Å². The van der Waals surface area contributed by atoms with E-state index in [4.69, 9.17) is 0 Å². The molecule has 0 bridgehead atoms.